The summed E-state index contributed by atoms with van der Waals surface area (Å²) in [7, 11) is 0. The third-order valence-corrected chi connectivity index (χ3v) is 4.78. The number of hydrogen-bond donors (Lipinski definition) is 2. The molecule has 1 aliphatic heterocycles. The second-order valence-corrected chi connectivity index (χ2v) is 7.11. The van der Waals surface area contributed by atoms with E-state index in [1.54, 1.807) is 4.90 Å². The summed E-state index contributed by atoms with van der Waals surface area (Å²) in [5.74, 6) is 0.854. The van der Waals surface area contributed by atoms with Crippen molar-refractivity contribution in [3.05, 3.63) is 35.9 Å². The maximum absolute atomic E-state index is 11.8. The number of likely N-dealkylation sites (tertiary alicyclic amines) is 1. The Morgan fingerprint density at radius 2 is 1.93 bits per heavy atom. The Hall–Kier alpha value is -2.28. The largest absolute Gasteiger partial charge is 0.450 e. The lowest BCUT2D eigenvalue weighted by molar-refractivity contribution is 0.0963. The molecule has 0 atom stereocenters. The van der Waals surface area contributed by atoms with Gasteiger partial charge in [-0.05, 0) is 45.1 Å². The van der Waals surface area contributed by atoms with E-state index in [0.29, 0.717) is 32.3 Å². The van der Waals surface area contributed by atoms with Gasteiger partial charge in [-0.1, -0.05) is 30.3 Å². The monoisotopic (exact) mass is 404 g/mol. The number of guanidine groups is 1. The van der Waals surface area contributed by atoms with Gasteiger partial charge in [0.1, 0.15) is 0 Å². The Morgan fingerprint density at radius 1 is 1.17 bits per heavy atom. The van der Waals surface area contributed by atoms with Crippen molar-refractivity contribution < 1.29 is 14.3 Å². The summed E-state index contributed by atoms with van der Waals surface area (Å²) in [6.45, 7) is 8.77. The third-order valence-electron chi connectivity index (χ3n) is 4.78. The number of rotatable bonds is 10. The molecule has 2 N–H and O–H groups in total. The number of hydrogen-bond acceptors (Lipinski definition) is 4. The lowest BCUT2D eigenvalue weighted by Gasteiger charge is -2.32. The van der Waals surface area contributed by atoms with Gasteiger partial charge in [0.05, 0.1) is 13.2 Å². The van der Waals surface area contributed by atoms with Gasteiger partial charge in [-0.2, -0.15) is 0 Å². The molecule has 162 valence electrons. The molecule has 7 heteroatoms. The molecular weight excluding hydrogens is 368 g/mol. The molecule has 0 spiro atoms. The number of aliphatic imine (C=N–C) groups is 1. The minimum Gasteiger partial charge on any atom is -0.450 e. The molecule has 0 aliphatic carbocycles. The summed E-state index contributed by atoms with van der Waals surface area (Å²) in [5.41, 5.74) is 1.21. The summed E-state index contributed by atoms with van der Waals surface area (Å²) >= 11 is 0. The molecule has 29 heavy (non-hydrogen) atoms. The fraction of sp³-hybridized carbons (Fsp3) is 0.636. The molecule has 1 aliphatic rings. The van der Waals surface area contributed by atoms with Gasteiger partial charge in [0.25, 0.3) is 0 Å². The van der Waals surface area contributed by atoms with Gasteiger partial charge in [0.2, 0.25) is 0 Å². The van der Waals surface area contributed by atoms with Crippen LogP contribution in [0.4, 0.5) is 4.79 Å². The van der Waals surface area contributed by atoms with Gasteiger partial charge < -0.3 is 25.0 Å². The molecule has 0 bridgehead atoms. The topological polar surface area (TPSA) is 75.2 Å². The van der Waals surface area contributed by atoms with Crippen LogP contribution in [0.2, 0.25) is 0 Å². The minimum atomic E-state index is -0.207. The zero-order valence-corrected chi connectivity index (χ0v) is 17.9. The maximum atomic E-state index is 11.8. The second-order valence-electron chi connectivity index (χ2n) is 7.11. The second kappa shape index (κ2) is 13.8. The van der Waals surface area contributed by atoms with E-state index in [2.05, 4.69) is 34.7 Å². The highest BCUT2D eigenvalue weighted by molar-refractivity contribution is 5.80. The third kappa shape index (κ3) is 9.17. The van der Waals surface area contributed by atoms with Crippen molar-refractivity contribution >= 4 is 12.1 Å². The van der Waals surface area contributed by atoms with Gasteiger partial charge in [0, 0.05) is 38.8 Å². The van der Waals surface area contributed by atoms with E-state index in [4.69, 9.17) is 9.47 Å². The molecule has 0 aromatic heterocycles. The van der Waals surface area contributed by atoms with Crippen molar-refractivity contribution in [2.75, 3.05) is 39.4 Å². The summed E-state index contributed by atoms with van der Waals surface area (Å²) in [6.07, 6.45) is 3.58. The van der Waals surface area contributed by atoms with Crippen LogP contribution in [0.1, 0.15) is 45.1 Å². The van der Waals surface area contributed by atoms with Crippen molar-refractivity contribution in [1.82, 2.24) is 15.5 Å². The highest BCUT2D eigenvalue weighted by atomic mass is 16.6. The molecule has 1 saturated heterocycles. The van der Waals surface area contributed by atoms with Crippen molar-refractivity contribution in [3.63, 3.8) is 0 Å². The first kappa shape index (κ1) is 23.0. The van der Waals surface area contributed by atoms with Crippen LogP contribution in [-0.2, 0) is 16.1 Å². The highest BCUT2D eigenvalue weighted by Crippen LogP contribution is 2.11. The fourth-order valence-electron chi connectivity index (χ4n) is 3.21. The van der Waals surface area contributed by atoms with E-state index in [1.165, 1.54) is 5.56 Å². The number of piperidine rings is 1. The first-order chi connectivity index (χ1) is 14.2. The van der Waals surface area contributed by atoms with E-state index in [0.717, 1.165) is 51.3 Å². The number of carbonyl (C=O) groups is 1. The molecule has 0 unspecified atom stereocenters. The number of carbonyl (C=O) groups excluding carboxylic acids is 1. The summed E-state index contributed by atoms with van der Waals surface area (Å²) in [4.78, 5) is 18.3. The Labute approximate surface area is 174 Å². The van der Waals surface area contributed by atoms with Crippen LogP contribution < -0.4 is 10.6 Å². The molecule has 2 rings (SSSR count). The van der Waals surface area contributed by atoms with Crippen molar-refractivity contribution in [2.45, 2.75) is 52.2 Å². The Kier molecular flexibility index (Phi) is 11.0. The first-order valence-corrected chi connectivity index (χ1v) is 10.8. The van der Waals surface area contributed by atoms with E-state index in [9.17, 15) is 4.79 Å². The van der Waals surface area contributed by atoms with E-state index >= 15 is 0 Å². The Bertz CT molecular complexity index is 601. The van der Waals surface area contributed by atoms with Crippen LogP contribution in [0.5, 0.6) is 0 Å². The smallest absolute Gasteiger partial charge is 0.409 e. The van der Waals surface area contributed by atoms with Gasteiger partial charge in [-0.15, -0.1) is 0 Å². The predicted octanol–water partition coefficient (Wildman–Crippen LogP) is 3.16. The molecule has 1 fully saturated rings. The number of nitrogens with one attached hydrogen (secondary N) is 2. The molecule has 1 amide bonds. The standard InChI is InChI=1S/C22H36N4O3/c1-3-23-21(25-20-12-15-26(16-13-20)22(27)29-4-2)24-14-8-9-17-28-18-19-10-6-5-7-11-19/h5-7,10-11,20H,3-4,8-9,12-18H2,1-2H3,(H2,23,24,25). The van der Waals surface area contributed by atoms with Crippen molar-refractivity contribution in [3.8, 4) is 0 Å². The number of nitrogens with zero attached hydrogens (tertiary/aromatic N) is 2. The van der Waals surface area contributed by atoms with Crippen molar-refractivity contribution in [2.24, 2.45) is 4.99 Å². The lowest BCUT2D eigenvalue weighted by Crippen LogP contribution is -2.49. The van der Waals surface area contributed by atoms with E-state index < -0.39 is 0 Å². The minimum absolute atomic E-state index is 0.207. The van der Waals surface area contributed by atoms with Crippen LogP contribution in [0.25, 0.3) is 0 Å². The van der Waals surface area contributed by atoms with Crippen LogP contribution in [0.3, 0.4) is 0 Å². The highest BCUT2D eigenvalue weighted by Gasteiger charge is 2.23. The number of unbranched alkanes of at least 4 members (excludes halogenated alkanes) is 1. The predicted molar refractivity (Wildman–Crippen MR) is 116 cm³/mol. The van der Waals surface area contributed by atoms with Crippen LogP contribution in [0, 0.1) is 0 Å². The Balaban J connectivity index is 1.62. The number of amides is 1. The summed E-state index contributed by atoms with van der Waals surface area (Å²) in [5, 5.41) is 6.81. The quantitative estimate of drug-likeness (QED) is 0.356. The summed E-state index contributed by atoms with van der Waals surface area (Å²) in [6, 6.07) is 10.6. The lowest BCUT2D eigenvalue weighted by atomic mass is 10.1. The zero-order chi connectivity index (χ0) is 20.7. The van der Waals surface area contributed by atoms with E-state index in [-0.39, 0.29) is 6.09 Å². The Morgan fingerprint density at radius 3 is 2.62 bits per heavy atom. The van der Waals surface area contributed by atoms with Crippen LogP contribution in [0.15, 0.2) is 35.3 Å². The van der Waals surface area contributed by atoms with Gasteiger partial charge in [-0.25, -0.2) is 4.79 Å². The fourth-order valence-corrected chi connectivity index (χ4v) is 3.21. The molecule has 0 saturated carbocycles. The van der Waals surface area contributed by atoms with Gasteiger partial charge in [-0.3, -0.25) is 4.99 Å². The number of ether oxygens (including phenoxy) is 2. The summed E-state index contributed by atoms with van der Waals surface area (Å²) < 4.78 is 10.8. The SMILES string of the molecule is CCNC(=NCCCCOCc1ccccc1)NC1CCN(C(=O)OCC)CC1. The molecular formula is C22H36N4O3. The molecule has 1 aromatic rings. The van der Waals surface area contributed by atoms with Gasteiger partial charge in [0.15, 0.2) is 5.96 Å². The van der Waals surface area contributed by atoms with Crippen LogP contribution in [-0.4, -0.2) is 62.4 Å². The number of benzene rings is 1. The average molecular weight is 405 g/mol. The van der Waals surface area contributed by atoms with Gasteiger partial charge >= 0.3 is 6.09 Å². The van der Waals surface area contributed by atoms with E-state index in [1.807, 2.05) is 25.1 Å². The average Bonchev–Trinajstić information content (AvgIpc) is 2.74. The first-order valence-electron chi connectivity index (χ1n) is 10.8. The maximum Gasteiger partial charge on any atom is 0.409 e. The molecule has 1 heterocycles. The molecule has 0 radical (unpaired) electrons. The van der Waals surface area contributed by atoms with Crippen LogP contribution >= 0.6 is 0 Å². The zero-order valence-electron chi connectivity index (χ0n) is 17.9. The molecule has 7 nitrogen and oxygen atoms in total. The van der Waals surface area contributed by atoms with Crippen molar-refractivity contribution in [1.29, 1.82) is 0 Å². The normalized spacial score (nSPS) is 15.2. The molecule has 1 aromatic carbocycles.